The Morgan fingerprint density at radius 3 is 2.21 bits per heavy atom. The van der Waals surface area contributed by atoms with Crippen molar-refractivity contribution >= 4 is 11.9 Å². The van der Waals surface area contributed by atoms with E-state index in [0.29, 0.717) is 19.3 Å². The summed E-state index contributed by atoms with van der Waals surface area (Å²) in [5.74, 6) is 0.0416. The quantitative estimate of drug-likeness (QED) is 0.535. The lowest BCUT2D eigenvalue weighted by Crippen LogP contribution is -2.24. The highest BCUT2D eigenvalue weighted by atomic mass is 16.4. The smallest absolute Gasteiger partial charge is 0.303 e. The largest absolute Gasteiger partial charge is 0.481 e. The Labute approximate surface area is 117 Å². The summed E-state index contributed by atoms with van der Waals surface area (Å²) < 4.78 is 0. The molecule has 0 heterocycles. The van der Waals surface area contributed by atoms with E-state index in [0.717, 1.165) is 18.9 Å². The molecule has 0 atom stereocenters. The van der Waals surface area contributed by atoms with Crippen LogP contribution in [0.5, 0.6) is 0 Å². The summed E-state index contributed by atoms with van der Waals surface area (Å²) in [5.41, 5.74) is 0. The highest BCUT2D eigenvalue weighted by molar-refractivity contribution is 5.75. The topological polar surface area (TPSA) is 66.4 Å². The van der Waals surface area contributed by atoms with E-state index < -0.39 is 5.97 Å². The number of carbonyl (C=O) groups is 2. The van der Waals surface area contributed by atoms with E-state index in [2.05, 4.69) is 19.2 Å². The van der Waals surface area contributed by atoms with Crippen molar-refractivity contribution in [3.63, 3.8) is 0 Å². The van der Waals surface area contributed by atoms with Crippen molar-refractivity contribution < 1.29 is 14.7 Å². The van der Waals surface area contributed by atoms with Crippen molar-refractivity contribution in [1.82, 2.24) is 5.32 Å². The first-order valence-corrected chi connectivity index (χ1v) is 7.51. The van der Waals surface area contributed by atoms with E-state index in [4.69, 9.17) is 5.11 Å². The first-order chi connectivity index (χ1) is 9.02. The molecule has 0 fully saturated rings. The van der Waals surface area contributed by atoms with E-state index >= 15 is 0 Å². The van der Waals surface area contributed by atoms with Gasteiger partial charge in [0.15, 0.2) is 0 Å². The number of amides is 1. The van der Waals surface area contributed by atoms with Crippen LogP contribution in [0, 0.1) is 5.92 Å². The molecule has 4 nitrogen and oxygen atoms in total. The van der Waals surface area contributed by atoms with Crippen LogP contribution in [0.15, 0.2) is 0 Å². The summed E-state index contributed by atoms with van der Waals surface area (Å²) >= 11 is 0. The fourth-order valence-electron chi connectivity index (χ4n) is 1.91. The molecule has 0 aliphatic carbocycles. The van der Waals surface area contributed by atoms with Gasteiger partial charge in [0.2, 0.25) is 5.91 Å². The predicted molar refractivity (Wildman–Crippen MR) is 77.0 cm³/mol. The minimum atomic E-state index is -0.790. The molecule has 4 heteroatoms. The van der Waals surface area contributed by atoms with Gasteiger partial charge < -0.3 is 10.4 Å². The van der Waals surface area contributed by atoms with Crippen molar-refractivity contribution in [1.29, 1.82) is 0 Å². The fourth-order valence-corrected chi connectivity index (χ4v) is 1.91. The molecule has 0 bridgehead atoms. The van der Waals surface area contributed by atoms with E-state index in [9.17, 15) is 9.59 Å². The van der Waals surface area contributed by atoms with Gasteiger partial charge in [-0.05, 0) is 25.2 Å². The van der Waals surface area contributed by atoms with Crippen LogP contribution in [0.2, 0.25) is 0 Å². The van der Waals surface area contributed by atoms with Crippen LogP contribution in [-0.4, -0.2) is 23.5 Å². The average Bonchev–Trinajstić information content (AvgIpc) is 2.33. The molecule has 0 aliphatic heterocycles. The highest BCUT2D eigenvalue weighted by Gasteiger charge is 2.02. The number of unbranched alkanes of at least 4 members (excludes halogenated alkanes) is 4. The maximum atomic E-state index is 11.4. The number of nitrogens with one attached hydrogen (secondary N) is 1. The Morgan fingerprint density at radius 2 is 1.58 bits per heavy atom. The molecule has 19 heavy (non-hydrogen) atoms. The van der Waals surface area contributed by atoms with Crippen LogP contribution in [0.3, 0.4) is 0 Å². The molecule has 0 saturated heterocycles. The number of aliphatic carboxylic acids is 1. The van der Waals surface area contributed by atoms with Crippen LogP contribution in [0.25, 0.3) is 0 Å². The van der Waals surface area contributed by atoms with E-state index in [1.165, 1.54) is 25.7 Å². The molecular formula is C15H29NO3. The van der Waals surface area contributed by atoms with Crippen LogP contribution in [-0.2, 0) is 9.59 Å². The zero-order valence-electron chi connectivity index (χ0n) is 12.4. The second-order valence-electron chi connectivity index (χ2n) is 5.55. The normalized spacial score (nSPS) is 10.7. The van der Waals surface area contributed by atoms with Gasteiger partial charge in [-0.3, -0.25) is 9.59 Å². The van der Waals surface area contributed by atoms with Crippen LogP contribution < -0.4 is 5.32 Å². The number of rotatable bonds is 12. The van der Waals surface area contributed by atoms with Gasteiger partial charge in [-0.1, -0.05) is 39.5 Å². The molecule has 0 rings (SSSR count). The molecule has 0 radical (unpaired) electrons. The molecule has 1 amide bonds. The Bertz CT molecular complexity index is 252. The lowest BCUT2D eigenvalue weighted by atomic mass is 10.0. The van der Waals surface area contributed by atoms with Gasteiger partial charge >= 0.3 is 5.97 Å². The maximum Gasteiger partial charge on any atom is 0.303 e. The van der Waals surface area contributed by atoms with Gasteiger partial charge in [0.25, 0.3) is 0 Å². The Hall–Kier alpha value is -1.06. The molecule has 112 valence electrons. The molecule has 2 N–H and O–H groups in total. The van der Waals surface area contributed by atoms with E-state index in [-0.39, 0.29) is 12.3 Å². The van der Waals surface area contributed by atoms with Gasteiger partial charge in [-0.25, -0.2) is 0 Å². The van der Waals surface area contributed by atoms with Gasteiger partial charge in [0, 0.05) is 19.4 Å². The number of carboxylic acid groups (broad SMARTS) is 1. The molecular weight excluding hydrogens is 242 g/mol. The number of carbonyl (C=O) groups excluding carboxylic acids is 1. The average molecular weight is 271 g/mol. The Balaban J connectivity index is 3.22. The summed E-state index contributed by atoms with van der Waals surface area (Å²) in [7, 11) is 0. The second kappa shape index (κ2) is 12.0. The Morgan fingerprint density at radius 1 is 0.947 bits per heavy atom. The zero-order chi connectivity index (χ0) is 14.5. The van der Waals surface area contributed by atoms with Crippen molar-refractivity contribution in [2.45, 2.75) is 71.6 Å². The van der Waals surface area contributed by atoms with Crippen molar-refractivity contribution in [2.24, 2.45) is 5.92 Å². The first kappa shape index (κ1) is 17.9. The number of hydrogen-bond acceptors (Lipinski definition) is 2. The predicted octanol–water partition coefficient (Wildman–Crippen LogP) is 3.35. The molecule has 0 aromatic rings. The third-order valence-corrected chi connectivity index (χ3v) is 3.07. The van der Waals surface area contributed by atoms with E-state index in [1.807, 2.05) is 0 Å². The monoisotopic (exact) mass is 271 g/mol. The van der Waals surface area contributed by atoms with E-state index in [1.54, 1.807) is 0 Å². The standard InChI is InChI=1S/C15H29NO3/c1-13(2)9-5-3-4-8-12-16-14(17)10-6-7-11-15(18)19/h13H,3-12H2,1-2H3,(H,16,17)(H,18,19). The summed E-state index contributed by atoms with van der Waals surface area (Å²) in [6.07, 6.45) is 7.86. The van der Waals surface area contributed by atoms with Crippen LogP contribution >= 0.6 is 0 Å². The molecule has 0 unspecified atom stereocenters. The third-order valence-electron chi connectivity index (χ3n) is 3.07. The minimum Gasteiger partial charge on any atom is -0.481 e. The number of carboxylic acids is 1. The van der Waals surface area contributed by atoms with Crippen molar-refractivity contribution in [3.8, 4) is 0 Å². The van der Waals surface area contributed by atoms with Gasteiger partial charge in [-0.2, -0.15) is 0 Å². The minimum absolute atomic E-state index is 0.0487. The molecule has 0 aliphatic rings. The first-order valence-electron chi connectivity index (χ1n) is 7.51. The molecule has 0 saturated carbocycles. The summed E-state index contributed by atoms with van der Waals surface area (Å²) in [6.45, 7) is 5.23. The van der Waals surface area contributed by atoms with Gasteiger partial charge in [-0.15, -0.1) is 0 Å². The molecule has 0 aromatic heterocycles. The maximum absolute atomic E-state index is 11.4. The van der Waals surface area contributed by atoms with Crippen LogP contribution in [0.1, 0.15) is 71.6 Å². The molecule has 0 spiro atoms. The SMILES string of the molecule is CC(C)CCCCCCNC(=O)CCCCC(=O)O. The summed E-state index contributed by atoms with van der Waals surface area (Å²) in [6, 6.07) is 0. The summed E-state index contributed by atoms with van der Waals surface area (Å²) in [5, 5.41) is 11.3. The third kappa shape index (κ3) is 14.9. The fraction of sp³-hybridized carbons (Fsp3) is 0.867. The lowest BCUT2D eigenvalue weighted by Gasteiger charge is -2.06. The highest BCUT2D eigenvalue weighted by Crippen LogP contribution is 2.09. The van der Waals surface area contributed by atoms with Crippen molar-refractivity contribution in [3.05, 3.63) is 0 Å². The Kier molecular flexibility index (Phi) is 11.3. The number of hydrogen-bond donors (Lipinski definition) is 2. The zero-order valence-corrected chi connectivity index (χ0v) is 12.4. The van der Waals surface area contributed by atoms with Crippen molar-refractivity contribution in [2.75, 3.05) is 6.54 Å². The second-order valence-corrected chi connectivity index (χ2v) is 5.55. The van der Waals surface area contributed by atoms with Gasteiger partial charge in [0.05, 0.1) is 0 Å². The lowest BCUT2D eigenvalue weighted by molar-refractivity contribution is -0.137. The molecule has 0 aromatic carbocycles. The summed E-state index contributed by atoms with van der Waals surface area (Å²) in [4.78, 5) is 21.7. The van der Waals surface area contributed by atoms with Crippen LogP contribution in [0.4, 0.5) is 0 Å². The van der Waals surface area contributed by atoms with Gasteiger partial charge in [0.1, 0.15) is 0 Å².